The van der Waals surface area contributed by atoms with Crippen molar-refractivity contribution in [1.29, 1.82) is 0 Å². The van der Waals surface area contributed by atoms with Gasteiger partial charge in [-0.2, -0.15) is 0 Å². The monoisotopic (exact) mass is 254 g/mol. The Bertz CT molecular complexity index is 463. The molecule has 0 heterocycles. The van der Waals surface area contributed by atoms with Gasteiger partial charge in [-0.1, -0.05) is 12.1 Å². The molecule has 0 aliphatic carbocycles. The molecule has 0 radical (unpaired) electrons. The van der Waals surface area contributed by atoms with Crippen LogP contribution in [0.4, 0.5) is 5.69 Å². The van der Waals surface area contributed by atoms with E-state index in [2.05, 4.69) is 0 Å². The minimum Gasteiger partial charge on any atom is -0.479 e. The summed E-state index contributed by atoms with van der Waals surface area (Å²) in [5, 5.41) is 20.0. The summed E-state index contributed by atoms with van der Waals surface area (Å²) in [5.74, 6) is -1.23. The molecule has 98 valence electrons. The van der Waals surface area contributed by atoms with Gasteiger partial charge in [0.15, 0.2) is 5.60 Å². The number of nitro groups is 1. The Kier molecular flexibility index (Phi) is 4.35. The molecule has 18 heavy (non-hydrogen) atoms. The fraction of sp³-hybridized carbons (Fsp3) is 0.364. The molecule has 0 bridgehead atoms. The van der Waals surface area contributed by atoms with Crippen molar-refractivity contribution in [2.45, 2.75) is 12.0 Å². The number of methoxy groups -OCH3 is 1. The van der Waals surface area contributed by atoms with Crippen molar-refractivity contribution in [1.82, 2.24) is 0 Å². The largest absolute Gasteiger partial charge is 0.479 e. The summed E-state index contributed by atoms with van der Waals surface area (Å²) in [6.45, 7) is 0.0861. The fourth-order valence-corrected chi connectivity index (χ4v) is 1.76. The Morgan fingerprint density at radius 2 is 2.28 bits per heavy atom. The van der Waals surface area contributed by atoms with Crippen LogP contribution in [-0.4, -0.2) is 29.7 Å². The molecule has 0 saturated carbocycles. The van der Waals surface area contributed by atoms with Crippen molar-refractivity contribution in [2.24, 2.45) is 5.73 Å². The van der Waals surface area contributed by atoms with Crippen LogP contribution < -0.4 is 5.73 Å². The number of nitrogens with two attached hydrogens (primary N) is 1. The molecular formula is C11H14N2O5. The molecular weight excluding hydrogens is 240 g/mol. The van der Waals surface area contributed by atoms with Gasteiger partial charge in [-0.15, -0.1) is 0 Å². The lowest BCUT2D eigenvalue weighted by atomic mass is 9.90. The normalized spacial score (nSPS) is 13.9. The third-order valence-corrected chi connectivity index (χ3v) is 2.71. The molecule has 0 saturated heterocycles. The first-order chi connectivity index (χ1) is 8.47. The van der Waals surface area contributed by atoms with Gasteiger partial charge >= 0.3 is 5.97 Å². The third kappa shape index (κ3) is 2.47. The van der Waals surface area contributed by atoms with E-state index >= 15 is 0 Å². The van der Waals surface area contributed by atoms with Gasteiger partial charge in [0.1, 0.15) is 0 Å². The summed E-state index contributed by atoms with van der Waals surface area (Å²) in [6.07, 6.45) is 0.0278. The van der Waals surface area contributed by atoms with E-state index in [1.165, 1.54) is 31.4 Å². The molecule has 7 heteroatoms. The number of non-ortho nitro benzene ring substituents is 1. The third-order valence-electron chi connectivity index (χ3n) is 2.71. The van der Waals surface area contributed by atoms with E-state index in [1.807, 2.05) is 0 Å². The molecule has 0 amide bonds. The molecule has 1 aromatic carbocycles. The van der Waals surface area contributed by atoms with Crippen LogP contribution in [0.5, 0.6) is 0 Å². The van der Waals surface area contributed by atoms with Crippen molar-refractivity contribution in [2.75, 3.05) is 13.7 Å². The number of ether oxygens (including phenoxy) is 1. The summed E-state index contributed by atoms with van der Waals surface area (Å²) in [6, 6.07) is 5.36. The maximum Gasteiger partial charge on any atom is 0.340 e. The Morgan fingerprint density at radius 1 is 1.61 bits per heavy atom. The zero-order chi connectivity index (χ0) is 13.8. The highest BCUT2D eigenvalue weighted by molar-refractivity contribution is 5.79. The minimum absolute atomic E-state index is 0.0278. The predicted octanol–water partition coefficient (Wildman–Crippen LogP) is 0.870. The number of hydrogen-bond acceptors (Lipinski definition) is 5. The van der Waals surface area contributed by atoms with Crippen LogP contribution in [0.3, 0.4) is 0 Å². The van der Waals surface area contributed by atoms with Crippen LogP contribution in [0.1, 0.15) is 12.0 Å². The molecule has 1 rings (SSSR count). The maximum absolute atomic E-state index is 11.4. The quantitative estimate of drug-likeness (QED) is 0.574. The van der Waals surface area contributed by atoms with Crippen molar-refractivity contribution in [3.05, 3.63) is 39.9 Å². The lowest BCUT2D eigenvalue weighted by Gasteiger charge is -2.27. The summed E-state index contributed by atoms with van der Waals surface area (Å²) >= 11 is 0. The highest BCUT2D eigenvalue weighted by Gasteiger charge is 2.40. The fourth-order valence-electron chi connectivity index (χ4n) is 1.76. The number of carboxylic acids is 1. The predicted molar refractivity (Wildman–Crippen MR) is 63.1 cm³/mol. The SMILES string of the molecule is COC(CCN)(C(=O)O)c1cccc([N+](=O)[O-])c1. The molecule has 0 fully saturated rings. The van der Waals surface area contributed by atoms with E-state index in [0.717, 1.165) is 0 Å². The smallest absolute Gasteiger partial charge is 0.340 e. The lowest BCUT2D eigenvalue weighted by Crippen LogP contribution is -2.39. The number of rotatable bonds is 6. The number of nitrogens with zero attached hydrogens (tertiary/aromatic N) is 1. The Morgan fingerprint density at radius 3 is 2.72 bits per heavy atom. The number of carboxylic acid groups (broad SMARTS) is 1. The average molecular weight is 254 g/mol. The van der Waals surface area contributed by atoms with Gasteiger partial charge in [0, 0.05) is 31.2 Å². The second kappa shape index (κ2) is 5.56. The first-order valence-electron chi connectivity index (χ1n) is 5.21. The first-order valence-corrected chi connectivity index (χ1v) is 5.21. The van der Waals surface area contributed by atoms with Gasteiger partial charge in [-0.05, 0) is 6.54 Å². The summed E-state index contributed by atoms with van der Waals surface area (Å²) in [5.41, 5.74) is 3.75. The standard InChI is InChI=1S/C11H14N2O5/c1-18-11(5-6-12,10(14)15)8-3-2-4-9(7-8)13(16)17/h2-4,7H,5-6,12H2,1H3,(H,14,15). The summed E-state index contributed by atoms with van der Waals surface area (Å²) in [4.78, 5) is 21.5. The van der Waals surface area contributed by atoms with E-state index in [9.17, 15) is 20.0 Å². The van der Waals surface area contributed by atoms with Crippen molar-refractivity contribution in [3.63, 3.8) is 0 Å². The highest BCUT2D eigenvalue weighted by atomic mass is 16.6. The van der Waals surface area contributed by atoms with Gasteiger partial charge in [-0.3, -0.25) is 10.1 Å². The maximum atomic E-state index is 11.4. The van der Waals surface area contributed by atoms with Crippen molar-refractivity contribution >= 4 is 11.7 Å². The molecule has 1 aromatic rings. The number of carbonyl (C=O) groups is 1. The molecule has 7 nitrogen and oxygen atoms in total. The van der Waals surface area contributed by atoms with E-state index in [-0.39, 0.29) is 24.2 Å². The van der Waals surface area contributed by atoms with Gasteiger partial charge in [0.25, 0.3) is 5.69 Å². The Labute approximate surface area is 103 Å². The number of aliphatic carboxylic acids is 1. The van der Waals surface area contributed by atoms with Crippen LogP contribution >= 0.6 is 0 Å². The highest BCUT2D eigenvalue weighted by Crippen LogP contribution is 2.31. The summed E-state index contributed by atoms with van der Waals surface area (Å²) < 4.78 is 5.06. The second-order valence-electron chi connectivity index (χ2n) is 3.68. The number of nitro benzene ring substituents is 1. The molecule has 0 aromatic heterocycles. The molecule has 3 N–H and O–H groups in total. The molecule has 1 atom stereocenters. The van der Waals surface area contributed by atoms with E-state index in [0.29, 0.717) is 0 Å². The minimum atomic E-state index is -1.65. The van der Waals surface area contributed by atoms with Gasteiger partial charge in [-0.25, -0.2) is 4.79 Å². The van der Waals surface area contributed by atoms with Crippen LogP contribution in [0.2, 0.25) is 0 Å². The first kappa shape index (κ1) is 14.1. The number of hydrogen-bond donors (Lipinski definition) is 2. The van der Waals surface area contributed by atoms with Gasteiger partial charge < -0.3 is 15.6 Å². The summed E-state index contributed by atoms with van der Waals surface area (Å²) in [7, 11) is 1.24. The van der Waals surface area contributed by atoms with Gasteiger partial charge in [0.05, 0.1) is 4.92 Å². The molecule has 0 aliphatic rings. The zero-order valence-electron chi connectivity index (χ0n) is 9.83. The van der Waals surface area contributed by atoms with E-state index in [4.69, 9.17) is 10.5 Å². The second-order valence-corrected chi connectivity index (χ2v) is 3.68. The molecule has 1 unspecified atom stereocenters. The average Bonchev–Trinajstić information content (AvgIpc) is 2.35. The topological polar surface area (TPSA) is 116 Å². The number of benzene rings is 1. The van der Waals surface area contributed by atoms with Crippen LogP contribution in [0.25, 0.3) is 0 Å². The van der Waals surface area contributed by atoms with Gasteiger partial charge in [0.2, 0.25) is 0 Å². The molecule has 0 spiro atoms. The Hall–Kier alpha value is -1.99. The van der Waals surface area contributed by atoms with E-state index in [1.54, 1.807) is 0 Å². The van der Waals surface area contributed by atoms with E-state index < -0.39 is 16.5 Å². The lowest BCUT2D eigenvalue weighted by molar-refractivity contribution is -0.385. The molecule has 0 aliphatic heterocycles. The van der Waals surface area contributed by atoms with Crippen LogP contribution in [0.15, 0.2) is 24.3 Å². The van der Waals surface area contributed by atoms with Crippen LogP contribution in [-0.2, 0) is 15.1 Å². The van der Waals surface area contributed by atoms with Crippen molar-refractivity contribution < 1.29 is 19.6 Å². The van der Waals surface area contributed by atoms with Crippen molar-refractivity contribution in [3.8, 4) is 0 Å². The zero-order valence-corrected chi connectivity index (χ0v) is 9.83. The Balaban J connectivity index is 3.33. The van der Waals surface area contributed by atoms with Crippen LogP contribution in [0, 0.1) is 10.1 Å².